The topological polar surface area (TPSA) is 45.7 Å². The third-order valence-corrected chi connectivity index (χ3v) is 4.42. The van der Waals surface area contributed by atoms with E-state index in [2.05, 4.69) is 32.9 Å². The van der Waals surface area contributed by atoms with E-state index in [1.165, 1.54) is 0 Å². The number of pyridine rings is 1. The number of halogens is 1. The Morgan fingerprint density at radius 3 is 3.00 bits per heavy atom. The lowest BCUT2D eigenvalue weighted by atomic mass is 10.2. The number of likely N-dealkylation sites (tertiary alicyclic amines) is 1. The molecule has 5 nitrogen and oxygen atoms in total. The molecule has 0 aliphatic carbocycles. The van der Waals surface area contributed by atoms with E-state index in [1.54, 1.807) is 24.3 Å². The van der Waals surface area contributed by atoms with Crippen molar-refractivity contribution in [3.63, 3.8) is 0 Å². The number of likely N-dealkylation sites (N-methyl/N-ethyl adjacent to an activating group) is 2. The minimum absolute atomic E-state index is 0.0632. The summed E-state index contributed by atoms with van der Waals surface area (Å²) in [6.07, 6.45) is 2.85. The molecule has 1 saturated heterocycles. The Labute approximate surface area is 128 Å². The van der Waals surface area contributed by atoms with E-state index in [-0.39, 0.29) is 12.0 Å². The SMILES string of the molecule is CO[C@H]1C[C@@H](CN(C)C(=O)c2ncccc2Br)N(C)C1. The van der Waals surface area contributed by atoms with Gasteiger partial charge in [-0.05, 0) is 41.5 Å². The number of hydrogen-bond acceptors (Lipinski definition) is 4. The number of aromatic nitrogens is 1. The van der Waals surface area contributed by atoms with Crippen LogP contribution in [0, 0.1) is 0 Å². The molecule has 1 aromatic heterocycles. The summed E-state index contributed by atoms with van der Waals surface area (Å²) in [5, 5.41) is 0. The Hall–Kier alpha value is -0.980. The van der Waals surface area contributed by atoms with Crippen molar-refractivity contribution in [2.45, 2.75) is 18.6 Å². The van der Waals surface area contributed by atoms with Gasteiger partial charge in [0.05, 0.1) is 6.10 Å². The highest BCUT2D eigenvalue weighted by molar-refractivity contribution is 9.10. The molecular weight excluding hydrogens is 322 g/mol. The first-order valence-electron chi connectivity index (χ1n) is 6.62. The van der Waals surface area contributed by atoms with Crippen LogP contribution < -0.4 is 0 Å². The predicted octanol–water partition coefficient (Wildman–Crippen LogP) is 1.64. The van der Waals surface area contributed by atoms with Crippen LogP contribution >= 0.6 is 15.9 Å². The molecule has 110 valence electrons. The Kier molecular flexibility index (Phi) is 5.12. The number of hydrogen-bond donors (Lipinski definition) is 0. The van der Waals surface area contributed by atoms with Crippen molar-refractivity contribution in [3.05, 3.63) is 28.5 Å². The maximum atomic E-state index is 12.4. The van der Waals surface area contributed by atoms with Crippen LogP contribution in [0.25, 0.3) is 0 Å². The number of amides is 1. The van der Waals surface area contributed by atoms with Crippen LogP contribution in [0.1, 0.15) is 16.9 Å². The van der Waals surface area contributed by atoms with Gasteiger partial charge in [-0.15, -0.1) is 0 Å². The standard InChI is InChI=1S/C14H20BrN3O2/c1-17-9-11(20-3)7-10(17)8-18(2)14(19)13-12(15)5-4-6-16-13/h4-6,10-11H,7-9H2,1-3H3/t10-,11-/m0/s1. The summed E-state index contributed by atoms with van der Waals surface area (Å²) in [7, 11) is 5.62. The third-order valence-electron chi connectivity index (χ3n) is 3.78. The van der Waals surface area contributed by atoms with E-state index in [1.807, 2.05) is 13.1 Å². The van der Waals surface area contributed by atoms with Crippen LogP contribution in [0.5, 0.6) is 0 Å². The molecule has 1 amide bonds. The summed E-state index contributed by atoms with van der Waals surface area (Å²) in [6.45, 7) is 1.59. The predicted molar refractivity (Wildman–Crippen MR) is 80.7 cm³/mol. The molecule has 1 aromatic rings. The molecule has 0 saturated carbocycles. The normalized spacial score (nSPS) is 23.0. The average molecular weight is 342 g/mol. The van der Waals surface area contributed by atoms with E-state index in [4.69, 9.17) is 4.74 Å². The first-order valence-corrected chi connectivity index (χ1v) is 7.41. The zero-order valence-electron chi connectivity index (χ0n) is 12.0. The van der Waals surface area contributed by atoms with Crippen LogP contribution in [-0.2, 0) is 4.74 Å². The lowest BCUT2D eigenvalue weighted by molar-refractivity contribution is 0.0753. The molecule has 0 aromatic carbocycles. The van der Waals surface area contributed by atoms with Crippen LogP contribution in [0.15, 0.2) is 22.8 Å². The fourth-order valence-corrected chi connectivity index (χ4v) is 2.96. The molecule has 1 fully saturated rings. The molecule has 1 aliphatic heterocycles. The van der Waals surface area contributed by atoms with Gasteiger partial charge in [0.2, 0.25) is 0 Å². The number of ether oxygens (including phenoxy) is 1. The molecule has 0 radical (unpaired) electrons. The highest BCUT2D eigenvalue weighted by Crippen LogP contribution is 2.20. The van der Waals surface area contributed by atoms with Gasteiger partial charge >= 0.3 is 0 Å². The van der Waals surface area contributed by atoms with E-state index >= 15 is 0 Å². The van der Waals surface area contributed by atoms with E-state index in [9.17, 15) is 4.79 Å². The van der Waals surface area contributed by atoms with Gasteiger partial charge in [-0.2, -0.15) is 0 Å². The highest BCUT2D eigenvalue weighted by Gasteiger charge is 2.31. The van der Waals surface area contributed by atoms with Gasteiger partial charge in [0.15, 0.2) is 0 Å². The summed E-state index contributed by atoms with van der Waals surface area (Å²) in [5.41, 5.74) is 0.457. The first kappa shape index (κ1) is 15.4. The highest BCUT2D eigenvalue weighted by atomic mass is 79.9. The zero-order chi connectivity index (χ0) is 14.7. The molecule has 2 atom stereocenters. The van der Waals surface area contributed by atoms with Crippen molar-refractivity contribution < 1.29 is 9.53 Å². The largest absolute Gasteiger partial charge is 0.380 e. The van der Waals surface area contributed by atoms with Crippen molar-refractivity contribution >= 4 is 21.8 Å². The van der Waals surface area contributed by atoms with Gasteiger partial charge in [-0.3, -0.25) is 9.69 Å². The second-order valence-corrected chi connectivity index (χ2v) is 6.06. The van der Waals surface area contributed by atoms with Crippen LogP contribution in [-0.4, -0.2) is 67.1 Å². The number of rotatable bonds is 4. The molecule has 2 rings (SSSR count). The first-order chi connectivity index (χ1) is 9.52. The molecule has 20 heavy (non-hydrogen) atoms. The summed E-state index contributed by atoms with van der Waals surface area (Å²) in [4.78, 5) is 20.5. The van der Waals surface area contributed by atoms with Crippen LogP contribution in [0.2, 0.25) is 0 Å². The minimum atomic E-state index is -0.0632. The molecule has 6 heteroatoms. The van der Waals surface area contributed by atoms with Gasteiger partial charge in [0.25, 0.3) is 5.91 Å². The summed E-state index contributed by atoms with van der Waals surface area (Å²) < 4.78 is 6.12. The van der Waals surface area contributed by atoms with Crippen molar-refractivity contribution in [3.8, 4) is 0 Å². The molecule has 0 N–H and O–H groups in total. The fourth-order valence-electron chi connectivity index (χ4n) is 2.54. The summed E-state index contributed by atoms with van der Waals surface area (Å²) >= 11 is 3.37. The third kappa shape index (κ3) is 3.37. The second-order valence-electron chi connectivity index (χ2n) is 5.21. The van der Waals surface area contributed by atoms with Crippen molar-refractivity contribution in [2.24, 2.45) is 0 Å². The van der Waals surface area contributed by atoms with Crippen molar-refractivity contribution in [1.29, 1.82) is 0 Å². The number of methoxy groups -OCH3 is 1. The molecule has 2 heterocycles. The fraction of sp³-hybridized carbons (Fsp3) is 0.571. The molecule has 0 bridgehead atoms. The summed E-state index contributed by atoms with van der Waals surface area (Å²) in [5.74, 6) is -0.0632. The Morgan fingerprint density at radius 1 is 1.65 bits per heavy atom. The van der Waals surface area contributed by atoms with Crippen molar-refractivity contribution in [2.75, 3.05) is 34.3 Å². The average Bonchev–Trinajstić information content (AvgIpc) is 2.79. The maximum absolute atomic E-state index is 12.4. The number of nitrogens with zero attached hydrogens (tertiary/aromatic N) is 3. The second kappa shape index (κ2) is 6.65. The molecule has 0 unspecified atom stereocenters. The molecule has 1 aliphatic rings. The lowest BCUT2D eigenvalue weighted by Gasteiger charge is -2.25. The smallest absolute Gasteiger partial charge is 0.273 e. The monoisotopic (exact) mass is 341 g/mol. The summed E-state index contributed by atoms with van der Waals surface area (Å²) in [6, 6.07) is 3.96. The Balaban J connectivity index is 2.00. The van der Waals surface area contributed by atoms with Gasteiger partial charge < -0.3 is 9.64 Å². The Bertz CT molecular complexity index is 483. The maximum Gasteiger partial charge on any atom is 0.273 e. The Morgan fingerprint density at radius 2 is 2.40 bits per heavy atom. The lowest BCUT2D eigenvalue weighted by Crippen LogP contribution is -2.39. The van der Waals surface area contributed by atoms with Gasteiger partial charge in [-0.25, -0.2) is 4.98 Å². The molecular formula is C14H20BrN3O2. The van der Waals surface area contributed by atoms with Crippen molar-refractivity contribution in [1.82, 2.24) is 14.8 Å². The quantitative estimate of drug-likeness (QED) is 0.835. The molecule has 0 spiro atoms. The minimum Gasteiger partial charge on any atom is -0.380 e. The number of carbonyl (C=O) groups is 1. The van der Waals surface area contributed by atoms with Gasteiger partial charge in [-0.1, -0.05) is 0 Å². The van der Waals surface area contributed by atoms with Gasteiger partial charge in [0.1, 0.15) is 5.69 Å². The zero-order valence-corrected chi connectivity index (χ0v) is 13.6. The van der Waals surface area contributed by atoms with Gasteiger partial charge in [0, 0.05) is 44.0 Å². The van der Waals surface area contributed by atoms with E-state index < -0.39 is 0 Å². The number of carbonyl (C=O) groups excluding carboxylic acids is 1. The van der Waals surface area contributed by atoms with E-state index in [0.717, 1.165) is 17.4 Å². The van der Waals surface area contributed by atoms with E-state index in [0.29, 0.717) is 18.3 Å². The van der Waals surface area contributed by atoms with Crippen LogP contribution in [0.4, 0.5) is 0 Å². The van der Waals surface area contributed by atoms with Crippen LogP contribution in [0.3, 0.4) is 0 Å².